The first kappa shape index (κ1) is 13.3. The van der Waals surface area contributed by atoms with Crippen LogP contribution in [0, 0.1) is 5.92 Å². The fourth-order valence-electron chi connectivity index (χ4n) is 3.23. The highest BCUT2D eigenvalue weighted by atomic mass is 16.2. The zero-order chi connectivity index (χ0) is 14.9. The highest BCUT2D eigenvalue weighted by molar-refractivity contribution is 6.16. The molecule has 5 nitrogen and oxygen atoms in total. The van der Waals surface area contributed by atoms with E-state index in [1.165, 1.54) is 11.1 Å². The van der Waals surface area contributed by atoms with Crippen LogP contribution in [-0.4, -0.2) is 23.3 Å². The topological polar surface area (TPSA) is 69.0 Å². The van der Waals surface area contributed by atoms with Gasteiger partial charge in [0.2, 0.25) is 0 Å². The monoisotopic (exact) mass is 294 g/mol. The number of aliphatic hydroxyl groups is 1. The summed E-state index contributed by atoms with van der Waals surface area (Å²) in [7, 11) is 0. The predicted octanol–water partition coefficient (Wildman–Crippen LogP) is 2.30. The van der Waals surface area contributed by atoms with Crippen LogP contribution in [-0.2, 0) is 0 Å². The molecule has 1 atom stereocenters. The van der Waals surface area contributed by atoms with E-state index in [1.807, 2.05) is 24.5 Å². The van der Waals surface area contributed by atoms with E-state index < -0.39 is 0 Å². The van der Waals surface area contributed by atoms with Crippen molar-refractivity contribution in [3.63, 3.8) is 0 Å². The highest BCUT2D eigenvalue weighted by Gasteiger charge is 2.36. The molecule has 3 N–H and O–H groups in total. The van der Waals surface area contributed by atoms with Gasteiger partial charge in [-0.15, -0.1) is 0 Å². The lowest BCUT2D eigenvalue weighted by molar-refractivity contribution is 0.285. The molecule has 0 saturated carbocycles. The number of nitrogens with zero attached hydrogens (tertiary/aromatic N) is 2. The van der Waals surface area contributed by atoms with Crippen LogP contribution in [0.15, 0.2) is 52.2 Å². The maximum absolute atomic E-state index is 9.02. The fourth-order valence-corrected chi connectivity index (χ4v) is 3.23. The van der Waals surface area contributed by atoms with Crippen molar-refractivity contribution in [3.05, 3.63) is 47.8 Å². The van der Waals surface area contributed by atoms with Crippen molar-refractivity contribution in [2.45, 2.75) is 19.3 Å². The van der Waals surface area contributed by atoms with Gasteiger partial charge in [0.25, 0.3) is 0 Å². The van der Waals surface area contributed by atoms with Gasteiger partial charge in [-0.3, -0.25) is 10.4 Å². The minimum atomic E-state index is 0.137. The van der Waals surface area contributed by atoms with E-state index in [1.54, 1.807) is 0 Å². The van der Waals surface area contributed by atoms with Crippen LogP contribution in [0.25, 0.3) is 5.57 Å². The quantitative estimate of drug-likeness (QED) is 0.746. The Kier molecular flexibility index (Phi) is 3.27. The summed E-state index contributed by atoms with van der Waals surface area (Å²) < 4.78 is 0. The van der Waals surface area contributed by atoms with Crippen molar-refractivity contribution in [1.82, 2.24) is 10.9 Å². The number of nitrogens with one attached hydrogen (secondary N) is 2. The minimum Gasteiger partial charge on any atom is -0.396 e. The van der Waals surface area contributed by atoms with E-state index >= 15 is 0 Å². The van der Waals surface area contributed by atoms with Crippen LogP contribution in [0.2, 0.25) is 0 Å². The van der Waals surface area contributed by atoms with E-state index in [2.05, 4.69) is 28.0 Å². The maximum atomic E-state index is 9.02. The molecule has 0 amide bonds. The molecule has 5 heteroatoms. The van der Waals surface area contributed by atoms with Gasteiger partial charge in [0.15, 0.2) is 0 Å². The van der Waals surface area contributed by atoms with Crippen molar-refractivity contribution in [2.75, 3.05) is 6.61 Å². The van der Waals surface area contributed by atoms with Crippen LogP contribution in [0.3, 0.4) is 0 Å². The van der Waals surface area contributed by atoms with Gasteiger partial charge in [-0.2, -0.15) is 0 Å². The standard InChI is InChI=1S/C17H18N4O/c22-8-4-3-7-15-13-9-18-17-16(13)12(10-19-21-17)11-5-1-2-6-14(11)20-15/h1-2,5-6,9-10,16,19,22H,3-4,7-8H2,(H,18,21). The first-order chi connectivity index (χ1) is 10.9. The second-order valence-electron chi connectivity index (χ2n) is 5.66. The molecule has 0 spiro atoms. The fraction of sp³-hybridized carbons (Fsp3) is 0.294. The Labute approximate surface area is 129 Å². The molecule has 0 fully saturated rings. The molecule has 0 radical (unpaired) electrons. The Morgan fingerprint density at radius 3 is 2.95 bits per heavy atom. The predicted molar refractivity (Wildman–Crippen MR) is 87.7 cm³/mol. The Balaban J connectivity index is 1.80. The molecular weight excluding hydrogens is 276 g/mol. The number of unbranched alkanes of at least 4 members (excludes halogenated alkanes) is 1. The van der Waals surface area contributed by atoms with Gasteiger partial charge in [0.1, 0.15) is 5.84 Å². The summed E-state index contributed by atoms with van der Waals surface area (Å²) in [6, 6.07) is 8.24. The van der Waals surface area contributed by atoms with E-state index in [9.17, 15) is 0 Å². The Hall–Kier alpha value is -2.40. The second kappa shape index (κ2) is 5.42. The first-order valence-electron chi connectivity index (χ1n) is 7.66. The number of aliphatic hydroxyl groups excluding tert-OH is 1. The molecule has 22 heavy (non-hydrogen) atoms. The van der Waals surface area contributed by atoms with E-state index in [-0.39, 0.29) is 12.5 Å². The van der Waals surface area contributed by atoms with Crippen molar-refractivity contribution >= 4 is 22.8 Å². The number of para-hydroxylation sites is 1. The van der Waals surface area contributed by atoms with Crippen molar-refractivity contribution in [3.8, 4) is 0 Å². The third-order valence-electron chi connectivity index (χ3n) is 4.29. The molecule has 1 unspecified atom stereocenters. The van der Waals surface area contributed by atoms with Crippen LogP contribution < -0.4 is 10.9 Å². The molecule has 3 aliphatic heterocycles. The molecule has 0 saturated heterocycles. The summed E-state index contributed by atoms with van der Waals surface area (Å²) in [5.41, 5.74) is 11.8. The molecule has 112 valence electrons. The average Bonchev–Trinajstić information content (AvgIpc) is 2.93. The second-order valence-corrected chi connectivity index (χ2v) is 5.66. The van der Waals surface area contributed by atoms with Gasteiger partial charge in [-0.05, 0) is 30.9 Å². The molecule has 3 heterocycles. The van der Waals surface area contributed by atoms with Crippen molar-refractivity contribution in [1.29, 1.82) is 0 Å². The smallest absolute Gasteiger partial charge is 0.132 e. The summed E-state index contributed by atoms with van der Waals surface area (Å²) in [6.07, 6.45) is 6.53. The summed E-state index contributed by atoms with van der Waals surface area (Å²) >= 11 is 0. The summed E-state index contributed by atoms with van der Waals surface area (Å²) in [4.78, 5) is 9.41. The van der Waals surface area contributed by atoms with Crippen LogP contribution in [0.1, 0.15) is 24.8 Å². The molecule has 0 aliphatic carbocycles. The van der Waals surface area contributed by atoms with Crippen LogP contribution in [0.4, 0.5) is 5.69 Å². The Morgan fingerprint density at radius 1 is 1.14 bits per heavy atom. The largest absolute Gasteiger partial charge is 0.396 e. The lowest BCUT2D eigenvalue weighted by atomic mass is 9.84. The van der Waals surface area contributed by atoms with E-state index in [0.29, 0.717) is 0 Å². The average molecular weight is 294 g/mol. The number of benzene rings is 1. The molecule has 1 aromatic carbocycles. The van der Waals surface area contributed by atoms with Gasteiger partial charge < -0.3 is 10.5 Å². The van der Waals surface area contributed by atoms with Gasteiger partial charge in [-0.25, -0.2) is 4.99 Å². The number of rotatable bonds is 4. The van der Waals surface area contributed by atoms with Gasteiger partial charge in [-0.1, -0.05) is 18.2 Å². The van der Waals surface area contributed by atoms with Gasteiger partial charge in [0.05, 0.1) is 11.6 Å². The number of aliphatic imine (C=N–C) groups is 2. The number of hydrogen-bond acceptors (Lipinski definition) is 5. The molecule has 0 bridgehead atoms. The number of fused-ring (bicyclic) bond motifs is 2. The van der Waals surface area contributed by atoms with E-state index in [4.69, 9.17) is 10.1 Å². The molecule has 4 rings (SSSR count). The number of amidine groups is 1. The maximum Gasteiger partial charge on any atom is 0.132 e. The summed E-state index contributed by atoms with van der Waals surface area (Å²) in [5, 5.41) is 9.02. The molecular formula is C17H18N4O. The molecule has 3 aliphatic rings. The van der Waals surface area contributed by atoms with Gasteiger partial charge in [0, 0.05) is 35.9 Å². The number of hydrazine groups is 1. The van der Waals surface area contributed by atoms with Crippen LogP contribution in [0.5, 0.6) is 0 Å². The lowest BCUT2D eigenvalue weighted by Crippen LogP contribution is -2.42. The van der Waals surface area contributed by atoms with Crippen LogP contribution >= 0.6 is 0 Å². The lowest BCUT2D eigenvalue weighted by Gasteiger charge is -2.25. The Bertz CT molecular complexity index is 730. The zero-order valence-corrected chi connectivity index (χ0v) is 12.2. The first-order valence-corrected chi connectivity index (χ1v) is 7.66. The van der Waals surface area contributed by atoms with Gasteiger partial charge >= 0.3 is 0 Å². The SMILES string of the molecule is OCCCCC1=Nc2ccccc2C2=CNNC3=NC=C1C23. The highest BCUT2D eigenvalue weighted by Crippen LogP contribution is 2.42. The van der Waals surface area contributed by atoms with Crippen molar-refractivity contribution in [2.24, 2.45) is 15.9 Å². The number of hydrogen-bond donors (Lipinski definition) is 3. The van der Waals surface area contributed by atoms with E-state index in [0.717, 1.165) is 42.1 Å². The summed E-state index contributed by atoms with van der Waals surface area (Å²) in [5.74, 6) is 1.07. The third-order valence-corrected chi connectivity index (χ3v) is 4.29. The minimum absolute atomic E-state index is 0.137. The third kappa shape index (κ3) is 2.05. The molecule has 1 aromatic rings. The molecule has 0 aromatic heterocycles. The Morgan fingerprint density at radius 2 is 2.05 bits per heavy atom. The van der Waals surface area contributed by atoms with Crippen molar-refractivity contribution < 1.29 is 5.11 Å². The normalized spacial score (nSPS) is 21.2. The zero-order valence-electron chi connectivity index (χ0n) is 12.2. The summed E-state index contributed by atoms with van der Waals surface area (Å²) in [6.45, 7) is 0.227.